The molecule has 1 fully saturated rings. The molecule has 4 rings (SSSR count). The minimum atomic E-state index is -0.342. The highest BCUT2D eigenvalue weighted by Gasteiger charge is 2.25. The Labute approximate surface area is 153 Å². The maximum absolute atomic E-state index is 12.6. The predicted molar refractivity (Wildman–Crippen MR) is 96.9 cm³/mol. The summed E-state index contributed by atoms with van der Waals surface area (Å²) in [5, 5.41) is 9.40. The number of nitrogens with two attached hydrogens (primary N) is 1. The first-order valence-electron chi connectivity index (χ1n) is 8.22. The van der Waals surface area contributed by atoms with E-state index in [1.54, 1.807) is 11.0 Å². The number of morpholine rings is 1. The Morgan fingerprint density at radius 1 is 1.38 bits per heavy atom. The number of aryl methyl sites for hydroxylation is 2. The summed E-state index contributed by atoms with van der Waals surface area (Å²) in [7, 11) is 0. The fourth-order valence-electron chi connectivity index (χ4n) is 2.75. The molecule has 3 N–H and O–H groups in total. The zero-order valence-electron chi connectivity index (χ0n) is 14.5. The lowest BCUT2D eigenvalue weighted by molar-refractivity contribution is -0.759. The number of nitrogens with zero attached hydrogens (tertiary/aromatic N) is 4. The van der Waals surface area contributed by atoms with Crippen LogP contribution in [0.1, 0.15) is 20.9 Å². The standard InChI is InChI=1S/C16H18N6O3S/c1-9-7-11-13(17)14(26-16(11)18-10(9)2)15(23)19-12-8-22(20-25-12)21-3-5-24-6-4-21/h7-8H,3-6H2,1-2H3,(H2-,17,19,20,23)/p+1. The van der Waals surface area contributed by atoms with Gasteiger partial charge in [0.1, 0.15) is 9.71 Å². The highest BCUT2D eigenvalue weighted by molar-refractivity contribution is 7.21. The Morgan fingerprint density at radius 2 is 2.15 bits per heavy atom. The van der Waals surface area contributed by atoms with E-state index in [0.717, 1.165) is 21.5 Å². The third kappa shape index (κ3) is 2.97. The Hall–Kier alpha value is -2.72. The van der Waals surface area contributed by atoms with Gasteiger partial charge in [-0.2, -0.15) is 0 Å². The van der Waals surface area contributed by atoms with Gasteiger partial charge in [0.2, 0.25) is 5.27 Å². The molecule has 10 heteroatoms. The molecule has 3 aromatic rings. The van der Waals surface area contributed by atoms with E-state index in [9.17, 15) is 4.79 Å². The van der Waals surface area contributed by atoms with E-state index < -0.39 is 0 Å². The molecule has 3 aromatic heterocycles. The van der Waals surface area contributed by atoms with Crippen molar-refractivity contribution in [2.75, 3.05) is 42.4 Å². The van der Waals surface area contributed by atoms with Gasteiger partial charge in [-0.3, -0.25) is 14.6 Å². The number of carbonyl (C=O) groups is 1. The number of fused-ring (bicyclic) bond motifs is 1. The van der Waals surface area contributed by atoms with E-state index >= 15 is 0 Å². The Morgan fingerprint density at radius 3 is 2.92 bits per heavy atom. The van der Waals surface area contributed by atoms with E-state index in [-0.39, 0.29) is 11.8 Å². The Kier molecular flexibility index (Phi) is 4.21. The zero-order valence-corrected chi connectivity index (χ0v) is 15.3. The number of carbonyl (C=O) groups excluding carboxylic acids is 1. The van der Waals surface area contributed by atoms with Crippen LogP contribution in [-0.4, -0.2) is 42.5 Å². The molecule has 1 aliphatic heterocycles. The van der Waals surface area contributed by atoms with E-state index in [4.69, 9.17) is 15.0 Å². The number of nitrogen functional groups attached to an aromatic ring is 1. The van der Waals surface area contributed by atoms with E-state index in [1.165, 1.54) is 11.3 Å². The summed E-state index contributed by atoms with van der Waals surface area (Å²) in [5.74, 6) is -0.0928. The number of amides is 1. The molecule has 136 valence electrons. The lowest BCUT2D eigenvalue weighted by atomic mass is 10.1. The van der Waals surface area contributed by atoms with Crippen molar-refractivity contribution in [2.45, 2.75) is 13.8 Å². The summed E-state index contributed by atoms with van der Waals surface area (Å²) in [5.41, 5.74) is 8.56. The largest absolute Gasteiger partial charge is 0.397 e. The first-order valence-corrected chi connectivity index (χ1v) is 9.04. The molecule has 0 unspecified atom stereocenters. The number of thiophene rings is 1. The first kappa shape index (κ1) is 16.7. The van der Waals surface area contributed by atoms with Crippen molar-refractivity contribution in [3.63, 3.8) is 0 Å². The lowest BCUT2D eigenvalue weighted by Crippen LogP contribution is -2.62. The van der Waals surface area contributed by atoms with E-state index in [2.05, 4.69) is 15.6 Å². The number of hydrogen-bond acceptors (Lipinski definition) is 8. The molecule has 0 saturated carbocycles. The van der Waals surface area contributed by atoms with Gasteiger partial charge in [0.05, 0.1) is 36.8 Å². The second kappa shape index (κ2) is 6.54. The molecule has 0 spiro atoms. The lowest BCUT2D eigenvalue weighted by Gasteiger charge is -2.18. The van der Waals surface area contributed by atoms with Gasteiger partial charge in [-0.1, -0.05) is 0 Å². The summed E-state index contributed by atoms with van der Waals surface area (Å²) in [6, 6.07) is 1.96. The molecular weight excluding hydrogens is 356 g/mol. The van der Waals surface area contributed by atoms with E-state index in [0.29, 0.717) is 36.9 Å². The number of hydrogen-bond donors (Lipinski definition) is 2. The number of aromatic nitrogens is 3. The van der Waals surface area contributed by atoms with Gasteiger partial charge in [0.25, 0.3) is 12.1 Å². The number of nitrogens with one attached hydrogen (secondary N) is 1. The summed E-state index contributed by atoms with van der Waals surface area (Å²) < 4.78 is 10.5. The Bertz CT molecular complexity index is 976. The number of pyridine rings is 1. The van der Waals surface area contributed by atoms with Crippen molar-refractivity contribution in [3.8, 4) is 0 Å². The highest BCUT2D eigenvalue weighted by atomic mass is 32.1. The molecule has 0 aliphatic carbocycles. The minimum absolute atomic E-state index is 0.249. The van der Waals surface area contributed by atoms with Crippen molar-refractivity contribution >= 4 is 39.0 Å². The van der Waals surface area contributed by atoms with Crippen LogP contribution in [0.3, 0.4) is 0 Å². The van der Waals surface area contributed by atoms with Crippen molar-refractivity contribution in [1.82, 2.24) is 10.3 Å². The summed E-state index contributed by atoms with van der Waals surface area (Å²) in [6.07, 6.45) is 1.62. The van der Waals surface area contributed by atoms with E-state index in [1.807, 2.05) is 24.9 Å². The van der Waals surface area contributed by atoms with Gasteiger partial charge in [-0.25, -0.2) is 4.98 Å². The van der Waals surface area contributed by atoms with Crippen LogP contribution in [0.15, 0.2) is 16.8 Å². The highest BCUT2D eigenvalue weighted by Crippen LogP contribution is 2.33. The zero-order chi connectivity index (χ0) is 18.3. The molecule has 9 nitrogen and oxygen atoms in total. The monoisotopic (exact) mass is 375 g/mol. The quantitative estimate of drug-likeness (QED) is 0.657. The van der Waals surface area contributed by atoms with Gasteiger partial charge >= 0.3 is 5.88 Å². The van der Waals surface area contributed by atoms with Gasteiger partial charge in [-0.05, 0) is 25.5 Å². The average molecular weight is 375 g/mol. The van der Waals surface area contributed by atoms with Crippen LogP contribution in [0.2, 0.25) is 0 Å². The molecule has 4 heterocycles. The van der Waals surface area contributed by atoms with Gasteiger partial charge in [0, 0.05) is 11.1 Å². The van der Waals surface area contributed by atoms with Gasteiger partial charge in [0.15, 0.2) is 0 Å². The van der Waals surface area contributed by atoms with Crippen LogP contribution in [-0.2, 0) is 4.74 Å². The predicted octanol–water partition coefficient (Wildman–Crippen LogP) is 0.991. The summed E-state index contributed by atoms with van der Waals surface area (Å²) in [6.45, 7) is 6.58. The molecule has 0 bridgehead atoms. The third-order valence-corrected chi connectivity index (χ3v) is 5.45. The molecule has 1 aliphatic rings. The van der Waals surface area contributed by atoms with Crippen molar-refractivity contribution < 1.29 is 18.8 Å². The van der Waals surface area contributed by atoms with Crippen LogP contribution >= 0.6 is 11.3 Å². The fraction of sp³-hybridized carbons (Fsp3) is 0.375. The summed E-state index contributed by atoms with van der Waals surface area (Å²) in [4.78, 5) is 19.9. The van der Waals surface area contributed by atoms with Crippen LogP contribution < -0.4 is 20.9 Å². The Balaban J connectivity index is 1.56. The molecule has 0 aromatic carbocycles. The van der Waals surface area contributed by atoms with Crippen LogP contribution in [0.5, 0.6) is 0 Å². The second-order valence-corrected chi connectivity index (χ2v) is 7.09. The molecule has 0 atom stereocenters. The molecule has 0 radical (unpaired) electrons. The molecule has 1 saturated heterocycles. The van der Waals surface area contributed by atoms with Crippen LogP contribution in [0, 0.1) is 13.8 Å². The number of rotatable bonds is 3. The summed E-state index contributed by atoms with van der Waals surface area (Å²) >= 11 is 1.27. The van der Waals surface area contributed by atoms with Gasteiger partial charge < -0.3 is 10.5 Å². The smallest absolute Gasteiger partial charge is 0.306 e. The third-order valence-electron chi connectivity index (χ3n) is 4.34. The maximum Gasteiger partial charge on any atom is 0.306 e. The fourth-order valence-corrected chi connectivity index (χ4v) is 3.77. The molecular formula is C16H19N6O3S+. The van der Waals surface area contributed by atoms with Gasteiger partial charge in [-0.15, -0.1) is 16.3 Å². The van der Waals surface area contributed by atoms with Crippen LogP contribution in [0.4, 0.5) is 11.6 Å². The number of ether oxygens (including phenoxy) is 1. The van der Waals surface area contributed by atoms with Crippen molar-refractivity contribution in [2.24, 2.45) is 0 Å². The topological polar surface area (TPSA) is 110 Å². The normalized spacial score (nSPS) is 14.8. The number of anilines is 2. The SMILES string of the molecule is Cc1cc2c(N)c(C(=O)Nc3c[n+](N4CCOCC4)no3)sc2nc1C. The minimum Gasteiger partial charge on any atom is -0.397 e. The first-order chi connectivity index (χ1) is 12.5. The van der Waals surface area contributed by atoms with Crippen molar-refractivity contribution in [3.05, 3.63) is 28.4 Å². The molecule has 1 amide bonds. The maximum atomic E-state index is 12.6. The van der Waals surface area contributed by atoms with Crippen LogP contribution in [0.25, 0.3) is 10.2 Å². The molecule has 26 heavy (non-hydrogen) atoms. The average Bonchev–Trinajstić information content (AvgIpc) is 3.22. The van der Waals surface area contributed by atoms with Crippen molar-refractivity contribution in [1.29, 1.82) is 0 Å². The second-order valence-electron chi connectivity index (χ2n) is 6.10.